The van der Waals surface area contributed by atoms with Gasteiger partial charge in [-0.25, -0.2) is 9.97 Å². The molecule has 0 fully saturated rings. The maximum Gasteiger partial charge on any atom is 0.222 e. The minimum atomic E-state index is 0.275. The molecule has 2 N–H and O–H groups in total. The van der Waals surface area contributed by atoms with Crippen LogP contribution in [0, 0.1) is 12.8 Å². The SMILES string of the molecule is COCC[C@@H](COC)Cn1cnc2c(C)nc(N)nc21. The topological polar surface area (TPSA) is 88.1 Å². The summed E-state index contributed by atoms with van der Waals surface area (Å²) < 4.78 is 12.4. The second-order valence-electron chi connectivity index (χ2n) is 4.84. The summed E-state index contributed by atoms with van der Waals surface area (Å²) in [4.78, 5) is 12.8. The lowest BCUT2D eigenvalue weighted by atomic mass is 10.1. The van der Waals surface area contributed by atoms with Gasteiger partial charge in [0.15, 0.2) is 5.65 Å². The van der Waals surface area contributed by atoms with Gasteiger partial charge >= 0.3 is 0 Å². The Morgan fingerprint density at radius 3 is 2.80 bits per heavy atom. The van der Waals surface area contributed by atoms with Crippen molar-refractivity contribution in [3.05, 3.63) is 12.0 Å². The van der Waals surface area contributed by atoms with Crippen LogP contribution in [-0.2, 0) is 16.0 Å². The molecule has 7 nitrogen and oxygen atoms in total. The Hall–Kier alpha value is -1.73. The summed E-state index contributed by atoms with van der Waals surface area (Å²) in [6, 6.07) is 0. The first-order valence-electron chi connectivity index (χ1n) is 6.58. The second kappa shape index (κ2) is 6.62. The molecule has 2 rings (SSSR count). The Balaban J connectivity index is 2.23. The summed E-state index contributed by atoms with van der Waals surface area (Å²) in [6.07, 6.45) is 2.70. The summed E-state index contributed by atoms with van der Waals surface area (Å²) in [6.45, 7) is 4.03. The molecular formula is C13H21N5O2. The van der Waals surface area contributed by atoms with Crippen LogP contribution in [0.15, 0.2) is 6.33 Å². The Labute approximate surface area is 118 Å². The molecule has 20 heavy (non-hydrogen) atoms. The number of rotatable bonds is 7. The van der Waals surface area contributed by atoms with E-state index in [0.29, 0.717) is 19.1 Å². The van der Waals surface area contributed by atoms with Crippen LogP contribution >= 0.6 is 0 Å². The average molecular weight is 279 g/mol. The Morgan fingerprint density at radius 2 is 2.10 bits per heavy atom. The van der Waals surface area contributed by atoms with E-state index in [9.17, 15) is 0 Å². The standard InChI is InChI=1S/C13H21N5O2/c1-9-11-12(17-13(14)16-9)18(8-15-11)6-10(7-20-3)4-5-19-2/h8,10H,4-7H2,1-3H3,(H2,14,16,17)/t10-/m1/s1. The molecule has 0 aliphatic rings. The zero-order chi connectivity index (χ0) is 14.5. The molecule has 0 unspecified atom stereocenters. The quantitative estimate of drug-likeness (QED) is 0.814. The van der Waals surface area contributed by atoms with Crippen LogP contribution in [0.5, 0.6) is 0 Å². The van der Waals surface area contributed by atoms with Gasteiger partial charge in [0.2, 0.25) is 5.95 Å². The minimum absolute atomic E-state index is 0.275. The van der Waals surface area contributed by atoms with Crippen molar-refractivity contribution in [1.29, 1.82) is 0 Å². The van der Waals surface area contributed by atoms with Crippen LogP contribution in [0.3, 0.4) is 0 Å². The van der Waals surface area contributed by atoms with Crippen LogP contribution in [-0.4, -0.2) is 47.0 Å². The Kier molecular flexibility index (Phi) is 4.86. The number of hydrogen-bond acceptors (Lipinski definition) is 6. The predicted molar refractivity (Wildman–Crippen MR) is 76.3 cm³/mol. The molecule has 110 valence electrons. The van der Waals surface area contributed by atoms with E-state index in [1.165, 1.54) is 0 Å². The molecule has 0 saturated heterocycles. The number of aromatic nitrogens is 4. The minimum Gasteiger partial charge on any atom is -0.385 e. The van der Waals surface area contributed by atoms with Gasteiger partial charge in [-0.15, -0.1) is 0 Å². The number of nitrogen functional groups attached to an aromatic ring is 1. The molecule has 0 spiro atoms. The van der Waals surface area contributed by atoms with E-state index in [0.717, 1.165) is 29.8 Å². The highest BCUT2D eigenvalue weighted by Gasteiger charge is 2.14. The van der Waals surface area contributed by atoms with Gasteiger partial charge in [-0.05, 0) is 13.3 Å². The van der Waals surface area contributed by atoms with Gasteiger partial charge in [-0.3, -0.25) is 0 Å². The Bertz CT molecular complexity index is 569. The van der Waals surface area contributed by atoms with Crippen molar-refractivity contribution in [3.8, 4) is 0 Å². The first kappa shape index (κ1) is 14.7. The third kappa shape index (κ3) is 3.23. The van der Waals surface area contributed by atoms with Crippen molar-refractivity contribution in [3.63, 3.8) is 0 Å². The van der Waals surface area contributed by atoms with Gasteiger partial charge in [0.25, 0.3) is 0 Å². The van der Waals surface area contributed by atoms with E-state index in [4.69, 9.17) is 15.2 Å². The number of imidazole rings is 1. The molecule has 2 aromatic heterocycles. The van der Waals surface area contributed by atoms with Crippen LogP contribution in [0.1, 0.15) is 12.1 Å². The number of anilines is 1. The number of fused-ring (bicyclic) bond motifs is 1. The molecule has 0 aliphatic heterocycles. The number of aryl methyl sites for hydroxylation is 1. The van der Waals surface area contributed by atoms with Gasteiger partial charge in [0.05, 0.1) is 18.6 Å². The van der Waals surface area contributed by atoms with E-state index in [2.05, 4.69) is 15.0 Å². The lowest BCUT2D eigenvalue weighted by molar-refractivity contribution is 0.110. The normalized spacial score (nSPS) is 12.9. The molecule has 0 saturated carbocycles. The fourth-order valence-corrected chi connectivity index (χ4v) is 2.27. The fraction of sp³-hybridized carbons (Fsp3) is 0.615. The average Bonchev–Trinajstić information content (AvgIpc) is 2.79. The summed E-state index contributed by atoms with van der Waals surface area (Å²) >= 11 is 0. The largest absolute Gasteiger partial charge is 0.385 e. The van der Waals surface area contributed by atoms with Crippen LogP contribution in [0.25, 0.3) is 11.2 Å². The van der Waals surface area contributed by atoms with Gasteiger partial charge in [0.1, 0.15) is 5.52 Å². The van der Waals surface area contributed by atoms with Gasteiger partial charge in [-0.2, -0.15) is 4.98 Å². The molecule has 0 aliphatic carbocycles. The highest BCUT2D eigenvalue weighted by Crippen LogP contribution is 2.17. The van der Waals surface area contributed by atoms with Crippen LogP contribution in [0.2, 0.25) is 0 Å². The van der Waals surface area contributed by atoms with E-state index in [1.807, 2.05) is 11.5 Å². The highest BCUT2D eigenvalue weighted by atomic mass is 16.5. The molecule has 1 atom stereocenters. The van der Waals surface area contributed by atoms with E-state index in [-0.39, 0.29) is 5.95 Å². The summed E-state index contributed by atoms with van der Waals surface area (Å²) in [5.74, 6) is 0.616. The fourth-order valence-electron chi connectivity index (χ4n) is 2.27. The smallest absolute Gasteiger partial charge is 0.222 e. The van der Waals surface area contributed by atoms with Gasteiger partial charge in [-0.1, -0.05) is 0 Å². The lowest BCUT2D eigenvalue weighted by Gasteiger charge is -2.16. The molecule has 2 heterocycles. The molecular weight excluding hydrogens is 258 g/mol. The highest BCUT2D eigenvalue weighted by molar-refractivity contribution is 5.74. The first-order chi connectivity index (χ1) is 9.65. The number of nitrogens with zero attached hydrogens (tertiary/aromatic N) is 4. The second-order valence-corrected chi connectivity index (χ2v) is 4.84. The summed E-state index contributed by atoms with van der Waals surface area (Å²) in [7, 11) is 3.41. The van der Waals surface area contributed by atoms with Crippen molar-refractivity contribution in [2.24, 2.45) is 5.92 Å². The number of hydrogen-bond donors (Lipinski definition) is 1. The molecule has 0 amide bonds. The van der Waals surface area contributed by atoms with Gasteiger partial charge in [0, 0.05) is 33.3 Å². The summed E-state index contributed by atoms with van der Waals surface area (Å²) in [5, 5.41) is 0. The third-order valence-electron chi connectivity index (χ3n) is 3.24. The van der Waals surface area contributed by atoms with Crippen molar-refractivity contribution in [2.45, 2.75) is 19.9 Å². The monoisotopic (exact) mass is 279 g/mol. The maximum absolute atomic E-state index is 5.71. The zero-order valence-corrected chi connectivity index (χ0v) is 12.2. The zero-order valence-electron chi connectivity index (χ0n) is 12.2. The molecule has 7 heteroatoms. The van der Waals surface area contributed by atoms with Crippen molar-refractivity contribution >= 4 is 17.1 Å². The summed E-state index contributed by atoms with van der Waals surface area (Å²) in [5.41, 5.74) is 8.08. The number of nitrogens with two attached hydrogens (primary N) is 1. The lowest BCUT2D eigenvalue weighted by Crippen LogP contribution is -2.18. The number of ether oxygens (including phenoxy) is 2. The maximum atomic E-state index is 5.71. The molecule has 0 radical (unpaired) electrons. The first-order valence-corrected chi connectivity index (χ1v) is 6.58. The third-order valence-corrected chi connectivity index (χ3v) is 3.24. The van der Waals surface area contributed by atoms with Crippen LogP contribution < -0.4 is 5.73 Å². The molecule has 0 bridgehead atoms. The van der Waals surface area contributed by atoms with E-state index in [1.54, 1.807) is 20.5 Å². The van der Waals surface area contributed by atoms with Crippen molar-refractivity contribution < 1.29 is 9.47 Å². The molecule has 2 aromatic rings. The van der Waals surface area contributed by atoms with Crippen LogP contribution in [0.4, 0.5) is 5.95 Å². The van der Waals surface area contributed by atoms with Crippen molar-refractivity contribution in [1.82, 2.24) is 19.5 Å². The molecule has 0 aromatic carbocycles. The van der Waals surface area contributed by atoms with E-state index < -0.39 is 0 Å². The number of methoxy groups -OCH3 is 2. The van der Waals surface area contributed by atoms with E-state index >= 15 is 0 Å². The predicted octanol–water partition coefficient (Wildman–Crippen LogP) is 1.02. The van der Waals surface area contributed by atoms with Crippen molar-refractivity contribution in [2.75, 3.05) is 33.2 Å². The van der Waals surface area contributed by atoms with Gasteiger partial charge < -0.3 is 19.8 Å². The Morgan fingerprint density at radius 1 is 1.30 bits per heavy atom.